The molecule has 2 aromatic carbocycles. The van der Waals surface area contributed by atoms with Gasteiger partial charge < -0.3 is 19.7 Å². The van der Waals surface area contributed by atoms with Gasteiger partial charge in [-0.05, 0) is 30.5 Å². The number of anilines is 1. The molecule has 5 nitrogen and oxygen atoms in total. The van der Waals surface area contributed by atoms with Gasteiger partial charge in [0.25, 0.3) is 0 Å². The van der Waals surface area contributed by atoms with Crippen LogP contribution in [0.1, 0.15) is 12.0 Å². The summed E-state index contributed by atoms with van der Waals surface area (Å²) in [6.07, 6.45) is 1.41. The Hall–Kier alpha value is -2.69. The first-order chi connectivity index (χ1) is 12.7. The van der Waals surface area contributed by atoms with Gasteiger partial charge in [0.05, 0.1) is 20.6 Å². The molecule has 1 saturated heterocycles. The summed E-state index contributed by atoms with van der Waals surface area (Å²) in [5.41, 5.74) is 2.12. The van der Waals surface area contributed by atoms with Gasteiger partial charge in [-0.2, -0.15) is 0 Å². The fourth-order valence-electron chi connectivity index (χ4n) is 3.36. The number of nitrogens with one attached hydrogen (secondary N) is 1. The van der Waals surface area contributed by atoms with Crippen LogP contribution in [0.4, 0.5) is 5.69 Å². The first-order valence-electron chi connectivity index (χ1n) is 8.97. The molecule has 0 saturated carbocycles. The molecule has 0 aliphatic carbocycles. The molecule has 5 heteroatoms. The van der Waals surface area contributed by atoms with Crippen LogP contribution in [0, 0.1) is 5.92 Å². The Balaban J connectivity index is 1.49. The van der Waals surface area contributed by atoms with E-state index in [4.69, 9.17) is 9.47 Å². The second-order valence-electron chi connectivity index (χ2n) is 6.59. The van der Waals surface area contributed by atoms with Gasteiger partial charge in [-0.15, -0.1) is 0 Å². The standard InChI is InChI=1S/C21H26N2O3/c1-25-19-9-8-17(20(13-19)26-2)12-21(24)22-14-16-10-11-23(15-16)18-6-4-3-5-7-18/h3-9,13,16H,10-12,14-15H2,1-2H3,(H,22,24). The number of amides is 1. The van der Waals surface area contributed by atoms with E-state index in [0.29, 0.717) is 24.6 Å². The smallest absolute Gasteiger partial charge is 0.224 e. The molecule has 1 aliphatic rings. The Labute approximate surface area is 154 Å². The predicted molar refractivity (Wildman–Crippen MR) is 103 cm³/mol. The van der Waals surface area contributed by atoms with Crippen molar-refractivity contribution in [3.63, 3.8) is 0 Å². The predicted octanol–water partition coefficient (Wildman–Crippen LogP) is 2.89. The summed E-state index contributed by atoms with van der Waals surface area (Å²) in [5.74, 6) is 1.90. The molecule has 1 fully saturated rings. The van der Waals surface area contributed by atoms with Crippen molar-refractivity contribution >= 4 is 11.6 Å². The van der Waals surface area contributed by atoms with Crippen LogP contribution < -0.4 is 19.7 Å². The van der Waals surface area contributed by atoms with E-state index in [1.165, 1.54) is 5.69 Å². The first kappa shape index (κ1) is 18.1. The maximum absolute atomic E-state index is 12.3. The minimum absolute atomic E-state index is 0.0200. The number of hydrogen-bond donors (Lipinski definition) is 1. The van der Waals surface area contributed by atoms with Crippen LogP contribution in [0.3, 0.4) is 0 Å². The number of rotatable bonds is 7. The SMILES string of the molecule is COc1ccc(CC(=O)NCC2CCN(c3ccccc3)C2)c(OC)c1. The summed E-state index contributed by atoms with van der Waals surface area (Å²) in [7, 11) is 3.22. The molecule has 0 spiro atoms. The van der Waals surface area contributed by atoms with Crippen molar-refractivity contribution in [1.82, 2.24) is 5.32 Å². The molecule has 1 amide bonds. The van der Waals surface area contributed by atoms with Crippen LogP contribution in [0.2, 0.25) is 0 Å². The van der Waals surface area contributed by atoms with Gasteiger partial charge in [0.15, 0.2) is 0 Å². The van der Waals surface area contributed by atoms with Crippen LogP contribution >= 0.6 is 0 Å². The summed E-state index contributed by atoms with van der Waals surface area (Å²) < 4.78 is 10.6. The molecular weight excluding hydrogens is 328 g/mol. The van der Waals surface area contributed by atoms with E-state index in [-0.39, 0.29) is 5.91 Å². The van der Waals surface area contributed by atoms with Crippen LogP contribution in [0.25, 0.3) is 0 Å². The minimum atomic E-state index is 0.0200. The second-order valence-corrected chi connectivity index (χ2v) is 6.59. The summed E-state index contributed by atoms with van der Waals surface area (Å²) in [4.78, 5) is 14.7. The van der Waals surface area contributed by atoms with Crippen LogP contribution in [0.5, 0.6) is 11.5 Å². The largest absolute Gasteiger partial charge is 0.497 e. The lowest BCUT2D eigenvalue weighted by molar-refractivity contribution is -0.120. The molecular formula is C21H26N2O3. The highest BCUT2D eigenvalue weighted by Crippen LogP contribution is 2.25. The number of hydrogen-bond acceptors (Lipinski definition) is 4. The minimum Gasteiger partial charge on any atom is -0.497 e. The Kier molecular flexibility index (Phi) is 6.00. The summed E-state index contributed by atoms with van der Waals surface area (Å²) >= 11 is 0. The molecule has 3 rings (SSSR count). The van der Waals surface area contributed by atoms with E-state index in [0.717, 1.165) is 30.8 Å². The van der Waals surface area contributed by atoms with Crippen molar-refractivity contribution in [2.75, 3.05) is 38.8 Å². The van der Waals surface area contributed by atoms with E-state index < -0.39 is 0 Å². The molecule has 26 heavy (non-hydrogen) atoms. The molecule has 1 N–H and O–H groups in total. The molecule has 1 unspecified atom stereocenters. The molecule has 0 bridgehead atoms. The Morgan fingerprint density at radius 2 is 1.96 bits per heavy atom. The quantitative estimate of drug-likeness (QED) is 0.831. The molecule has 1 heterocycles. The van der Waals surface area contributed by atoms with E-state index in [1.807, 2.05) is 18.2 Å². The van der Waals surface area contributed by atoms with E-state index >= 15 is 0 Å². The maximum Gasteiger partial charge on any atom is 0.224 e. The third-order valence-electron chi connectivity index (χ3n) is 4.84. The average molecular weight is 354 g/mol. The normalized spacial score (nSPS) is 16.4. The third kappa shape index (κ3) is 4.48. The van der Waals surface area contributed by atoms with Crippen molar-refractivity contribution in [3.05, 3.63) is 54.1 Å². The third-order valence-corrected chi connectivity index (χ3v) is 4.84. The lowest BCUT2D eigenvalue weighted by Gasteiger charge is -2.18. The zero-order chi connectivity index (χ0) is 18.4. The van der Waals surface area contributed by atoms with Crippen molar-refractivity contribution in [2.24, 2.45) is 5.92 Å². The topological polar surface area (TPSA) is 50.8 Å². The second kappa shape index (κ2) is 8.61. The van der Waals surface area contributed by atoms with Crippen molar-refractivity contribution in [3.8, 4) is 11.5 Å². The Morgan fingerprint density at radius 3 is 2.69 bits per heavy atom. The highest BCUT2D eigenvalue weighted by molar-refractivity contribution is 5.79. The van der Waals surface area contributed by atoms with Gasteiger partial charge in [-0.1, -0.05) is 24.3 Å². The molecule has 0 aromatic heterocycles. The van der Waals surface area contributed by atoms with Crippen molar-refractivity contribution in [1.29, 1.82) is 0 Å². The lowest BCUT2D eigenvalue weighted by Crippen LogP contribution is -2.32. The van der Waals surface area contributed by atoms with E-state index in [9.17, 15) is 4.79 Å². The zero-order valence-corrected chi connectivity index (χ0v) is 15.4. The molecule has 138 valence electrons. The number of nitrogens with zero attached hydrogens (tertiary/aromatic N) is 1. The highest BCUT2D eigenvalue weighted by atomic mass is 16.5. The lowest BCUT2D eigenvalue weighted by atomic mass is 10.1. The number of carbonyl (C=O) groups is 1. The number of ether oxygens (including phenoxy) is 2. The molecule has 0 radical (unpaired) electrons. The average Bonchev–Trinajstić information content (AvgIpc) is 3.16. The van der Waals surface area contributed by atoms with Crippen LogP contribution in [0.15, 0.2) is 48.5 Å². The van der Waals surface area contributed by atoms with Crippen LogP contribution in [-0.4, -0.2) is 39.8 Å². The maximum atomic E-state index is 12.3. The fourth-order valence-corrected chi connectivity index (χ4v) is 3.36. The van der Waals surface area contributed by atoms with Crippen LogP contribution in [-0.2, 0) is 11.2 Å². The number of methoxy groups -OCH3 is 2. The van der Waals surface area contributed by atoms with Gasteiger partial charge in [-0.25, -0.2) is 0 Å². The van der Waals surface area contributed by atoms with Crippen molar-refractivity contribution < 1.29 is 14.3 Å². The fraction of sp³-hybridized carbons (Fsp3) is 0.381. The van der Waals surface area contributed by atoms with Gasteiger partial charge in [-0.3, -0.25) is 4.79 Å². The molecule has 1 atom stereocenters. The Bertz CT molecular complexity index is 733. The first-order valence-corrected chi connectivity index (χ1v) is 8.97. The monoisotopic (exact) mass is 354 g/mol. The number of carbonyl (C=O) groups excluding carboxylic acids is 1. The number of benzene rings is 2. The summed E-state index contributed by atoms with van der Waals surface area (Å²) in [5, 5.41) is 3.07. The summed E-state index contributed by atoms with van der Waals surface area (Å²) in [6, 6.07) is 16.0. The Morgan fingerprint density at radius 1 is 1.15 bits per heavy atom. The molecule has 1 aliphatic heterocycles. The van der Waals surface area contributed by atoms with Crippen molar-refractivity contribution in [2.45, 2.75) is 12.8 Å². The summed E-state index contributed by atoms with van der Waals surface area (Å²) in [6.45, 7) is 2.73. The van der Waals surface area contributed by atoms with E-state index in [2.05, 4.69) is 34.5 Å². The molecule has 2 aromatic rings. The van der Waals surface area contributed by atoms with Gasteiger partial charge >= 0.3 is 0 Å². The van der Waals surface area contributed by atoms with Gasteiger partial charge in [0, 0.05) is 37.0 Å². The number of para-hydroxylation sites is 1. The van der Waals surface area contributed by atoms with Gasteiger partial charge in [0.1, 0.15) is 11.5 Å². The zero-order valence-electron chi connectivity index (χ0n) is 15.4. The van der Waals surface area contributed by atoms with Gasteiger partial charge in [0.2, 0.25) is 5.91 Å². The highest BCUT2D eigenvalue weighted by Gasteiger charge is 2.23. The van der Waals surface area contributed by atoms with E-state index in [1.54, 1.807) is 20.3 Å².